The van der Waals surface area contributed by atoms with Crippen molar-refractivity contribution in [1.29, 1.82) is 0 Å². The van der Waals surface area contributed by atoms with Gasteiger partial charge in [-0.1, -0.05) is 65.5 Å². The van der Waals surface area contributed by atoms with Crippen LogP contribution < -0.4 is 5.32 Å². The topological polar surface area (TPSA) is 67.8 Å². The molecule has 3 fully saturated rings. The molecule has 0 radical (unpaired) electrons. The summed E-state index contributed by atoms with van der Waals surface area (Å²) in [6.07, 6.45) is 16.3. The molecular formula is C32H55NO4. The van der Waals surface area contributed by atoms with E-state index in [0.29, 0.717) is 25.2 Å². The smallest absolute Gasteiger partial charge is 0.407 e. The lowest BCUT2D eigenvalue weighted by atomic mass is 9.47. The molecule has 0 aromatic carbocycles. The standard InChI is InChI=1S/C32H55NO4/c1-22(2)7-6-8-23(3)27-11-12-28-26-10-9-24-21-25(37-30(35)33-17-19-36-20-18-34)13-15-31(24,4)29(26)14-16-32(27,28)5/h9,22-23,25-29,34H,6-8,10-21H2,1-5H3,(H,33,35)/t23-,25+,26+,27-,28+,29+,31+,32-/m1/s1. The number of allylic oxidation sites excluding steroid dienone is 1. The van der Waals surface area contributed by atoms with Crippen LogP contribution in [-0.4, -0.2) is 43.7 Å². The summed E-state index contributed by atoms with van der Waals surface area (Å²) in [7, 11) is 0. The van der Waals surface area contributed by atoms with Crippen LogP contribution in [0.2, 0.25) is 0 Å². The first-order chi connectivity index (χ1) is 17.7. The Morgan fingerprint density at radius 1 is 1.08 bits per heavy atom. The quantitative estimate of drug-likeness (QED) is 0.226. The second-order valence-electron chi connectivity index (χ2n) is 13.8. The molecule has 0 bridgehead atoms. The molecule has 0 aliphatic heterocycles. The van der Waals surface area contributed by atoms with E-state index in [1.54, 1.807) is 5.57 Å². The Labute approximate surface area is 226 Å². The molecule has 5 heteroatoms. The van der Waals surface area contributed by atoms with Gasteiger partial charge in [0.25, 0.3) is 0 Å². The zero-order valence-corrected chi connectivity index (χ0v) is 24.4. The van der Waals surface area contributed by atoms with Crippen LogP contribution in [-0.2, 0) is 9.47 Å². The van der Waals surface area contributed by atoms with E-state index < -0.39 is 0 Å². The third-order valence-electron chi connectivity index (χ3n) is 11.3. The number of ether oxygens (including phenoxy) is 2. The summed E-state index contributed by atoms with van der Waals surface area (Å²) >= 11 is 0. The van der Waals surface area contributed by atoms with E-state index in [9.17, 15) is 4.79 Å². The first-order valence-electron chi connectivity index (χ1n) is 15.5. The summed E-state index contributed by atoms with van der Waals surface area (Å²) in [5, 5.41) is 11.6. The van der Waals surface area contributed by atoms with Gasteiger partial charge in [-0.15, -0.1) is 0 Å². The Morgan fingerprint density at radius 3 is 2.65 bits per heavy atom. The number of carbonyl (C=O) groups is 1. The van der Waals surface area contributed by atoms with Gasteiger partial charge >= 0.3 is 6.09 Å². The molecule has 3 saturated carbocycles. The number of nitrogens with one attached hydrogen (secondary N) is 1. The van der Waals surface area contributed by atoms with E-state index in [-0.39, 0.29) is 24.2 Å². The molecule has 37 heavy (non-hydrogen) atoms. The van der Waals surface area contributed by atoms with Crippen molar-refractivity contribution in [1.82, 2.24) is 5.32 Å². The summed E-state index contributed by atoms with van der Waals surface area (Å²) < 4.78 is 11.0. The van der Waals surface area contributed by atoms with Crippen molar-refractivity contribution in [3.05, 3.63) is 11.6 Å². The third-order valence-corrected chi connectivity index (χ3v) is 11.3. The molecule has 0 unspecified atom stereocenters. The summed E-state index contributed by atoms with van der Waals surface area (Å²) in [4.78, 5) is 12.3. The minimum absolute atomic E-state index is 0.000380. The van der Waals surface area contributed by atoms with Gasteiger partial charge in [0.1, 0.15) is 6.10 Å². The van der Waals surface area contributed by atoms with Crippen LogP contribution in [0.15, 0.2) is 11.6 Å². The maximum absolute atomic E-state index is 12.3. The highest BCUT2D eigenvalue weighted by Gasteiger charge is 2.59. The van der Waals surface area contributed by atoms with Crippen molar-refractivity contribution in [3.8, 4) is 0 Å². The van der Waals surface area contributed by atoms with E-state index in [1.807, 2.05) is 0 Å². The fourth-order valence-corrected chi connectivity index (χ4v) is 9.34. The predicted molar refractivity (Wildman–Crippen MR) is 149 cm³/mol. The van der Waals surface area contributed by atoms with E-state index in [2.05, 4.69) is 46.0 Å². The van der Waals surface area contributed by atoms with Crippen molar-refractivity contribution in [2.75, 3.05) is 26.4 Å². The summed E-state index contributed by atoms with van der Waals surface area (Å²) in [6.45, 7) is 13.6. The number of aliphatic hydroxyl groups excluding tert-OH is 1. The van der Waals surface area contributed by atoms with Crippen LogP contribution >= 0.6 is 0 Å². The lowest BCUT2D eigenvalue weighted by Crippen LogP contribution is -2.51. The summed E-state index contributed by atoms with van der Waals surface area (Å²) in [5.74, 6) is 5.09. The molecule has 8 atom stereocenters. The van der Waals surface area contributed by atoms with Crippen molar-refractivity contribution >= 4 is 6.09 Å². The number of rotatable bonds is 11. The van der Waals surface area contributed by atoms with Crippen molar-refractivity contribution in [2.45, 2.75) is 111 Å². The zero-order chi connectivity index (χ0) is 26.6. The lowest BCUT2D eigenvalue weighted by Gasteiger charge is -2.58. The molecular weight excluding hydrogens is 462 g/mol. The number of amides is 1. The van der Waals surface area contributed by atoms with Crippen LogP contribution in [0.1, 0.15) is 105 Å². The Morgan fingerprint density at radius 2 is 1.89 bits per heavy atom. The number of hydrogen-bond acceptors (Lipinski definition) is 4. The van der Waals surface area contributed by atoms with Gasteiger partial charge in [-0.05, 0) is 91.3 Å². The Bertz CT molecular complexity index is 796. The fourth-order valence-electron chi connectivity index (χ4n) is 9.34. The molecule has 0 aromatic rings. The molecule has 0 heterocycles. The van der Waals surface area contributed by atoms with Crippen LogP contribution in [0, 0.1) is 46.3 Å². The van der Waals surface area contributed by atoms with Gasteiger partial charge in [-0.3, -0.25) is 0 Å². The minimum atomic E-state index is -0.344. The summed E-state index contributed by atoms with van der Waals surface area (Å²) in [6, 6.07) is 0. The van der Waals surface area contributed by atoms with Crippen molar-refractivity contribution in [2.24, 2.45) is 46.3 Å². The lowest BCUT2D eigenvalue weighted by molar-refractivity contribution is -0.0581. The number of hydrogen-bond donors (Lipinski definition) is 2. The molecule has 212 valence electrons. The second-order valence-corrected chi connectivity index (χ2v) is 13.8. The monoisotopic (exact) mass is 517 g/mol. The number of alkyl carbamates (subject to hydrolysis) is 1. The molecule has 0 saturated heterocycles. The van der Waals surface area contributed by atoms with Crippen molar-refractivity contribution in [3.63, 3.8) is 0 Å². The van der Waals surface area contributed by atoms with Gasteiger partial charge in [0.05, 0.1) is 19.8 Å². The average molecular weight is 518 g/mol. The first-order valence-corrected chi connectivity index (χ1v) is 15.5. The highest BCUT2D eigenvalue weighted by Crippen LogP contribution is 2.67. The highest BCUT2D eigenvalue weighted by molar-refractivity contribution is 5.67. The van der Waals surface area contributed by atoms with Gasteiger partial charge in [-0.2, -0.15) is 0 Å². The molecule has 0 aromatic heterocycles. The zero-order valence-electron chi connectivity index (χ0n) is 24.4. The van der Waals surface area contributed by atoms with E-state index in [1.165, 1.54) is 51.4 Å². The Hall–Kier alpha value is -1.07. The Balaban J connectivity index is 1.34. The molecule has 4 rings (SSSR count). The van der Waals surface area contributed by atoms with Gasteiger partial charge < -0.3 is 19.9 Å². The SMILES string of the molecule is CC(C)CCC[C@@H](C)[C@H]1CC[C@H]2[C@@H]3CC=C4C[C@@H](OC(=O)NCCOCCO)CC[C@]4(C)[C@H]3CC[C@]12C. The van der Waals surface area contributed by atoms with Crippen LogP contribution in [0.4, 0.5) is 4.79 Å². The first kappa shape index (κ1) is 28.9. The maximum Gasteiger partial charge on any atom is 0.407 e. The van der Waals surface area contributed by atoms with Crippen LogP contribution in [0.5, 0.6) is 0 Å². The summed E-state index contributed by atoms with van der Waals surface area (Å²) in [5.41, 5.74) is 2.36. The second kappa shape index (κ2) is 12.4. The number of carbonyl (C=O) groups excluding carboxylic acids is 1. The average Bonchev–Trinajstić information content (AvgIpc) is 3.21. The van der Waals surface area contributed by atoms with Gasteiger partial charge in [-0.25, -0.2) is 4.79 Å². The van der Waals surface area contributed by atoms with Gasteiger partial charge in [0.2, 0.25) is 0 Å². The highest BCUT2D eigenvalue weighted by atomic mass is 16.6. The number of fused-ring (bicyclic) bond motifs is 5. The molecule has 4 aliphatic carbocycles. The Kier molecular flexibility index (Phi) is 9.70. The molecule has 1 amide bonds. The van der Waals surface area contributed by atoms with Crippen molar-refractivity contribution < 1.29 is 19.4 Å². The predicted octanol–water partition coefficient (Wildman–Crippen LogP) is 7.13. The van der Waals surface area contributed by atoms with Crippen LogP contribution in [0.25, 0.3) is 0 Å². The van der Waals surface area contributed by atoms with Gasteiger partial charge in [0, 0.05) is 13.0 Å². The fraction of sp³-hybridized carbons (Fsp3) is 0.906. The molecule has 4 aliphatic rings. The molecule has 5 nitrogen and oxygen atoms in total. The van der Waals surface area contributed by atoms with Crippen LogP contribution in [0.3, 0.4) is 0 Å². The third kappa shape index (κ3) is 6.24. The van der Waals surface area contributed by atoms with Gasteiger partial charge in [0.15, 0.2) is 0 Å². The maximum atomic E-state index is 12.3. The normalized spacial score (nSPS) is 37.8. The largest absolute Gasteiger partial charge is 0.446 e. The molecule has 2 N–H and O–H groups in total. The minimum Gasteiger partial charge on any atom is -0.446 e. The van der Waals surface area contributed by atoms with E-state index in [4.69, 9.17) is 14.6 Å². The molecule has 0 spiro atoms. The van der Waals surface area contributed by atoms with E-state index in [0.717, 1.165) is 54.8 Å². The number of aliphatic hydroxyl groups is 1. The van der Waals surface area contributed by atoms with E-state index >= 15 is 0 Å².